The van der Waals surface area contributed by atoms with E-state index in [2.05, 4.69) is 6.58 Å². The summed E-state index contributed by atoms with van der Waals surface area (Å²) >= 11 is 0. The molecule has 112 valence electrons. The molecule has 21 heavy (non-hydrogen) atoms. The number of aliphatic carboxylic acids is 1. The van der Waals surface area contributed by atoms with Gasteiger partial charge in [-0.3, -0.25) is 9.59 Å². The number of hydrogen-bond donors (Lipinski definition) is 1. The Balaban J connectivity index is 2.25. The van der Waals surface area contributed by atoms with Crippen LogP contribution in [0.3, 0.4) is 0 Å². The van der Waals surface area contributed by atoms with Crippen molar-refractivity contribution in [1.82, 2.24) is 4.90 Å². The van der Waals surface area contributed by atoms with E-state index in [1.165, 1.54) is 6.08 Å². The molecule has 1 aromatic rings. The Labute approximate surface area is 123 Å². The first-order valence-corrected chi connectivity index (χ1v) is 6.83. The number of carbonyl (C=O) groups excluding carboxylic acids is 1. The van der Waals surface area contributed by atoms with E-state index in [9.17, 15) is 14.7 Å². The number of piperidine rings is 1. The minimum atomic E-state index is -0.940. The Morgan fingerprint density at radius 3 is 2.29 bits per heavy atom. The molecule has 0 aliphatic carbocycles. The van der Waals surface area contributed by atoms with E-state index in [1.807, 2.05) is 0 Å². The van der Waals surface area contributed by atoms with Crippen LogP contribution in [-0.2, 0) is 15.0 Å². The maximum Gasteiger partial charge on any atom is 0.314 e. The first-order chi connectivity index (χ1) is 10.0. The number of rotatable bonds is 4. The number of methoxy groups -OCH3 is 1. The molecule has 0 radical (unpaired) electrons. The molecule has 1 aromatic carbocycles. The topological polar surface area (TPSA) is 66.8 Å². The summed E-state index contributed by atoms with van der Waals surface area (Å²) in [6, 6.07) is 7.11. The fourth-order valence-corrected chi connectivity index (χ4v) is 2.77. The Bertz CT molecular complexity index is 542. The number of carboxylic acids is 1. The molecule has 0 saturated carbocycles. The maximum absolute atomic E-state index is 11.8. The zero-order valence-electron chi connectivity index (χ0n) is 12.0. The Kier molecular flexibility index (Phi) is 4.31. The van der Waals surface area contributed by atoms with Gasteiger partial charge in [-0.2, -0.15) is 0 Å². The monoisotopic (exact) mass is 289 g/mol. The molecule has 0 spiro atoms. The normalized spacial score (nSPS) is 17.1. The van der Waals surface area contributed by atoms with Crippen LogP contribution in [0.25, 0.3) is 0 Å². The predicted octanol–water partition coefficient (Wildman–Crippen LogP) is 1.83. The second kappa shape index (κ2) is 5.99. The van der Waals surface area contributed by atoms with Crippen molar-refractivity contribution in [1.29, 1.82) is 0 Å². The van der Waals surface area contributed by atoms with Gasteiger partial charge in [0.15, 0.2) is 0 Å². The number of ether oxygens (including phenoxy) is 1. The van der Waals surface area contributed by atoms with Gasteiger partial charge in [0.2, 0.25) is 5.91 Å². The lowest BCUT2D eigenvalue weighted by molar-refractivity contribution is -0.147. The Morgan fingerprint density at radius 1 is 1.29 bits per heavy atom. The second-order valence-electron chi connectivity index (χ2n) is 5.15. The molecule has 1 saturated heterocycles. The van der Waals surface area contributed by atoms with Crippen molar-refractivity contribution in [3.05, 3.63) is 42.5 Å². The molecule has 1 amide bonds. The number of amides is 1. The standard InChI is InChI=1S/C16H19NO4/c1-3-14(18)17-10-8-16(9-11-17,15(19)20)12-4-6-13(21-2)7-5-12/h3-7H,1,8-11H2,2H3,(H,19,20). The van der Waals surface area contributed by atoms with Crippen LogP contribution in [0.5, 0.6) is 5.75 Å². The zero-order chi connectivity index (χ0) is 15.5. The largest absolute Gasteiger partial charge is 0.497 e. The SMILES string of the molecule is C=CC(=O)N1CCC(C(=O)O)(c2ccc(OC)cc2)CC1. The molecule has 5 nitrogen and oxygen atoms in total. The summed E-state index contributed by atoms with van der Waals surface area (Å²) in [5.74, 6) is -0.305. The summed E-state index contributed by atoms with van der Waals surface area (Å²) in [5, 5.41) is 9.70. The average molecular weight is 289 g/mol. The van der Waals surface area contributed by atoms with Crippen molar-refractivity contribution >= 4 is 11.9 Å². The van der Waals surface area contributed by atoms with Crippen LogP contribution in [0.1, 0.15) is 18.4 Å². The van der Waals surface area contributed by atoms with E-state index in [0.717, 1.165) is 5.56 Å². The number of carbonyl (C=O) groups is 2. The summed E-state index contributed by atoms with van der Waals surface area (Å²) in [6.45, 7) is 4.30. The lowest BCUT2D eigenvalue weighted by Crippen LogP contribution is -2.48. The highest BCUT2D eigenvalue weighted by Crippen LogP contribution is 2.36. The third-order valence-corrected chi connectivity index (χ3v) is 4.16. The third-order valence-electron chi connectivity index (χ3n) is 4.16. The van der Waals surface area contributed by atoms with Crippen molar-refractivity contribution in [2.45, 2.75) is 18.3 Å². The number of carboxylic acid groups (broad SMARTS) is 1. The summed E-state index contributed by atoms with van der Waals surface area (Å²) in [4.78, 5) is 25.1. The van der Waals surface area contributed by atoms with Crippen LogP contribution in [0.15, 0.2) is 36.9 Å². The van der Waals surface area contributed by atoms with Crippen LogP contribution in [-0.4, -0.2) is 42.1 Å². The summed E-state index contributed by atoms with van der Waals surface area (Å²) < 4.78 is 5.10. The molecule has 5 heteroatoms. The average Bonchev–Trinajstić information content (AvgIpc) is 2.54. The minimum absolute atomic E-state index is 0.149. The van der Waals surface area contributed by atoms with Gasteiger partial charge in [-0.15, -0.1) is 0 Å². The summed E-state index contributed by atoms with van der Waals surface area (Å²) in [6.07, 6.45) is 2.06. The van der Waals surface area contributed by atoms with Gasteiger partial charge in [-0.05, 0) is 36.6 Å². The minimum Gasteiger partial charge on any atom is -0.497 e. The van der Waals surface area contributed by atoms with Gasteiger partial charge < -0.3 is 14.7 Å². The highest BCUT2D eigenvalue weighted by atomic mass is 16.5. The van der Waals surface area contributed by atoms with Crippen LogP contribution in [0, 0.1) is 0 Å². The van der Waals surface area contributed by atoms with Crippen molar-refractivity contribution in [2.75, 3.05) is 20.2 Å². The number of nitrogens with zero attached hydrogens (tertiary/aromatic N) is 1. The number of likely N-dealkylation sites (tertiary alicyclic amines) is 1. The lowest BCUT2D eigenvalue weighted by atomic mass is 9.73. The molecule has 1 heterocycles. The van der Waals surface area contributed by atoms with Crippen LogP contribution in [0.4, 0.5) is 0 Å². The van der Waals surface area contributed by atoms with Crippen molar-refractivity contribution in [2.24, 2.45) is 0 Å². The van der Waals surface area contributed by atoms with Crippen molar-refractivity contribution in [3.63, 3.8) is 0 Å². The van der Waals surface area contributed by atoms with Gasteiger partial charge in [0.1, 0.15) is 5.75 Å². The quantitative estimate of drug-likeness (QED) is 0.859. The first kappa shape index (κ1) is 15.1. The van der Waals surface area contributed by atoms with Crippen LogP contribution < -0.4 is 4.74 Å². The lowest BCUT2D eigenvalue weighted by Gasteiger charge is -2.39. The molecule has 1 aliphatic heterocycles. The van der Waals surface area contributed by atoms with Gasteiger partial charge in [0, 0.05) is 13.1 Å². The van der Waals surface area contributed by atoms with Gasteiger partial charge in [0.05, 0.1) is 12.5 Å². The van der Waals surface area contributed by atoms with E-state index >= 15 is 0 Å². The third kappa shape index (κ3) is 2.77. The highest BCUT2D eigenvalue weighted by molar-refractivity contribution is 5.88. The van der Waals surface area contributed by atoms with Gasteiger partial charge in [0.25, 0.3) is 0 Å². The fraction of sp³-hybridized carbons (Fsp3) is 0.375. The Morgan fingerprint density at radius 2 is 1.86 bits per heavy atom. The highest BCUT2D eigenvalue weighted by Gasteiger charge is 2.43. The molecule has 0 bridgehead atoms. The number of hydrogen-bond acceptors (Lipinski definition) is 3. The number of benzene rings is 1. The molecule has 0 aromatic heterocycles. The second-order valence-corrected chi connectivity index (χ2v) is 5.15. The van der Waals surface area contributed by atoms with E-state index in [1.54, 1.807) is 36.3 Å². The van der Waals surface area contributed by atoms with E-state index in [-0.39, 0.29) is 5.91 Å². The van der Waals surface area contributed by atoms with Gasteiger partial charge in [-0.25, -0.2) is 0 Å². The van der Waals surface area contributed by atoms with Gasteiger partial charge >= 0.3 is 5.97 Å². The van der Waals surface area contributed by atoms with Crippen molar-refractivity contribution in [3.8, 4) is 5.75 Å². The summed E-state index contributed by atoms with van der Waals surface area (Å²) in [7, 11) is 1.57. The first-order valence-electron chi connectivity index (χ1n) is 6.83. The van der Waals surface area contributed by atoms with Crippen molar-refractivity contribution < 1.29 is 19.4 Å². The molecule has 2 rings (SSSR count). The zero-order valence-corrected chi connectivity index (χ0v) is 12.0. The Hall–Kier alpha value is -2.30. The van der Waals surface area contributed by atoms with Gasteiger partial charge in [-0.1, -0.05) is 18.7 Å². The fourth-order valence-electron chi connectivity index (χ4n) is 2.77. The van der Waals surface area contributed by atoms with E-state index < -0.39 is 11.4 Å². The smallest absolute Gasteiger partial charge is 0.314 e. The van der Waals surface area contributed by atoms with E-state index in [4.69, 9.17) is 4.74 Å². The van der Waals surface area contributed by atoms with Crippen LogP contribution >= 0.6 is 0 Å². The molecule has 1 N–H and O–H groups in total. The molecular weight excluding hydrogens is 270 g/mol. The van der Waals surface area contributed by atoms with Crippen LogP contribution in [0.2, 0.25) is 0 Å². The molecule has 1 fully saturated rings. The molecular formula is C16H19NO4. The molecule has 0 atom stereocenters. The maximum atomic E-state index is 11.8. The van der Waals surface area contributed by atoms with E-state index in [0.29, 0.717) is 31.7 Å². The summed E-state index contributed by atoms with van der Waals surface area (Å²) in [5.41, 5.74) is -0.189. The molecule has 0 unspecified atom stereocenters. The predicted molar refractivity (Wildman–Crippen MR) is 78.3 cm³/mol. The molecule has 1 aliphatic rings.